The van der Waals surface area contributed by atoms with Crippen LogP contribution in [0, 0.1) is 11.8 Å². The number of anilines is 1. The van der Waals surface area contributed by atoms with E-state index in [9.17, 15) is 18.0 Å². The van der Waals surface area contributed by atoms with E-state index in [2.05, 4.69) is 12.2 Å². The average Bonchev–Trinajstić information content (AvgIpc) is 3.17. The van der Waals surface area contributed by atoms with Crippen LogP contribution < -0.4 is 5.32 Å². The summed E-state index contributed by atoms with van der Waals surface area (Å²) in [6.07, 6.45) is 7.61. The number of amides is 2. The maximum Gasteiger partial charge on any atom is 0.243 e. The molecular formula is C23H33N3O4S. The molecule has 0 radical (unpaired) electrons. The number of hydrogen-bond donors (Lipinski definition) is 1. The lowest BCUT2D eigenvalue weighted by atomic mass is 9.94. The number of carbonyl (C=O) groups is 2. The summed E-state index contributed by atoms with van der Waals surface area (Å²) in [7, 11) is -3.50. The molecule has 2 amide bonds. The van der Waals surface area contributed by atoms with Crippen molar-refractivity contribution in [1.82, 2.24) is 9.21 Å². The van der Waals surface area contributed by atoms with Gasteiger partial charge in [-0.15, -0.1) is 0 Å². The molecule has 2 heterocycles. The molecule has 1 aromatic carbocycles. The van der Waals surface area contributed by atoms with Crippen LogP contribution in [0.15, 0.2) is 29.2 Å². The topological polar surface area (TPSA) is 86.8 Å². The van der Waals surface area contributed by atoms with E-state index >= 15 is 0 Å². The van der Waals surface area contributed by atoms with Crippen LogP contribution in [0.25, 0.3) is 0 Å². The van der Waals surface area contributed by atoms with Crippen LogP contribution in [0.5, 0.6) is 0 Å². The lowest BCUT2D eigenvalue weighted by Gasteiger charge is -2.31. The molecule has 1 atom stereocenters. The van der Waals surface area contributed by atoms with Crippen molar-refractivity contribution in [1.29, 1.82) is 0 Å². The fourth-order valence-corrected chi connectivity index (χ4v) is 6.45. The van der Waals surface area contributed by atoms with Gasteiger partial charge in [-0.05, 0) is 55.9 Å². The fourth-order valence-electron chi connectivity index (χ4n) is 4.98. The average molecular weight is 448 g/mol. The van der Waals surface area contributed by atoms with E-state index in [1.54, 1.807) is 28.6 Å². The largest absolute Gasteiger partial charge is 0.339 e. The third kappa shape index (κ3) is 4.95. The number of nitrogens with zero attached hydrogens (tertiary/aromatic N) is 2. The molecule has 3 fully saturated rings. The van der Waals surface area contributed by atoms with Gasteiger partial charge in [0.05, 0.1) is 10.8 Å². The van der Waals surface area contributed by atoms with Gasteiger partial charge in [0, 0.05) is 37.8 Å². The van der Waals surface area contributed by atoms with Crippen LogP contribution in [0.4, 0.5) is 5.69 Å². The first kappa shape index (κ1) is 22.3. The standard InChI is InChI=1S/C23H33N3O4S/c1-17-11-13-25(14-12-17)31(29,30)21-9-7-19(8-10-21)24-23(28)18-15-22(27)26(16-18)20-5-3-2-4-6-20/h7-10,17-18,20H,2-6,11-16H2,1H3,(H,24,28)/t18-/m1/s1. The highest BCUT2D eigenvalue weighted by Crippen LogP contribution is 2.29. The van der Waals surface area contributed by atoms with Gasteiger partial charge >= 0.3 is 0 Å². The molecule has 1 aliphatic carbocycles. The molecule has 7 nitrogen and oxygen atoms in total. The van der Waals surface area contributed by atoms with Gasteiger partial charge in [0.15, 0.2) is 0 Å². The van der Waals surface area contributed by atoms with E-state index in [1.165, 1.54) is 6.42 Å². The molecule has 2 saturated heterocycles. The molecule has 3 aliphatic rings. The Balaban J connectivity index is 1.35. The minimum Gasteiger partial charge on any atom is -0.339 e. The number of sulfonamides is 1. The fraction of sp³-hybridized carbons (Fsp3) is 0.652. The predicted octanol–water partition coefficient (Wildman–Crippen LogP) is 3.23. The van der Waals surface area contributed by atoms with Crippen LogP contribution in [0.1, 0.15) is 58.3 Å². The van der Waals surface area contributed by atoms with E-state index in [1.807, 2.05) is 4.90 Å². The number of benzene rings is 1. The summed E-state index contributed by atoms with van der Waals surface area (Å²) in [5.41, 5.74) is 0.555. The van der Waals surface area contributed by atoms with Gasteiger partial charge < -0.3 is 10.2 Å². The van der Waals surface area contributed by atoms with Crippen LogP contribution in [-0.2, 0) is 19.6 Å². The summed E-state index contributed by atoms with van der Waals surface area (Å²) in [6.45, 7) is 3.73. The Bertz CT molecular complexity index is 901. The summed E-state index contributed by atoms with van der Waals surface area (Å²) >= 11 is 0. The van der Waals surface area contributed by atoms with Crippen molar-refractivity contribution in [2.75, 3.05) is 25.0 Å². The van der Waals surface area contributed by atoms with Crippen molar-refractivity contribution < 1.29 is 18.0 Å². The third-order valence-electron chi connectivity index (χ3n) is 7.05. The molecule has 170 valence electrons. The van der Waals surface area contributed by atoms with Crippen LogP contribution in [-0.4, -0.2) is 55.1 Å². The van der Waals surface area contributed by atoms with E-state index in [4.69, 9.17) is 0 Å². The Labute approximate surface area is 185 Å². The molecule has 4 rings (SSSR count). The molecular weight excluding hydrogens is 414 g/mol. The van der Waals surface area contributed by atoms with Gasteiger partial charge in [-0.2, -0.15) is 4.31 Å². The van der Waals surface area contributed by atoms with Gasteiger partial charge in [0.25, 0.3) is 0 Å². The maximum absolute atomic E-state index is 12.9. The number of likely N-dealkylation sites (tertiary alicyclic amines) is 1. The third-order valence-corrected chi connectivity index (χ3v) is 8.96. The van der Waals surface area contributed by atoms with Gasteiger partial charge in [0.2, 0.25) is 21.8 Å². The first-order chi connectivity index (χ1) is 14.8. The quantitative estimate of drug-likeness (QED) is 0.751. The van der Waals surface area contributed by atoms with Crippen molar-refractivity contribution in [3.8, 4) is 0 Å². The summed E-state index contributed by atoms with van der Waals surface area (Å²) in [6, 6.07) is 6.65. The van der Waals surface area contributed by atoms with Gasteiger partial charge in [-0.25, -0.2) is 8.42 Å². The van der Waals surface area contributed by atoms with Crippen molar-refractivity contribution in [3.05, 3.63) is 24.3 Å². The van der Waals surface area contributed by atoms with Crippen LogP contribution in [0.3, 0.4) is 0 Å². The minimum absolute atomic E-state index is 0.0735. The summed E-state index contributed by atoms with van der Waals surface area (Å²) in [4.78, 5) is 27.3. The molecule has 2 aliphatic heterocycles. The molecule has 31 heavy (non-hydrogen) atoms. The zero-order valence-electron chi connectivity index (χ0n) is 18.3. The lowest BCUT2D eigenvalue weighted by Crippen LogP contribution is -2.38. The zero-order chi connectivity index (χ0) is 22.0. The van der Waals surface area contributed by atoms with E-state index < -0.39 is 10.0 Å². The lowest BCUT2D eigenvalue weighted by molar-refractivity contribution is -0.130. The zero-order valence-corrected chi connectivity index (χ0v) is 19.1. The smallest absolute Gasteiger partial charge is 0.243 e. The van der Waals surface area contributed by atoms with E-state index in [0.29, 0.717) is 31.2 Å². The predicted molar refractivity (Wildman–Crippen MR) is 119 cm³/mol. The molecule has 8 heteroatoms. The van der Waals surface area contributed by atoms with Gasteiger partial charge in [0.1, 0.15) is 0 Å². The second-order valence-electron chi connectivity index (χ2n) is 9.34. The first-order valence-electron chi connectivity index (χ1n) is 11.5. The summed E-state index contributed by atoms with van der Waals surface area (Å²) in [5, 5.41) is 2.87. The highest BCUT2D eigenvalue weighted by atomic mass is 32.2. The minimum atomic E-state index is -3.50. The monoisotopic (exact) mass is 447 g/mol. The molecule has 0 aromatic heterocycles. The van der Waals surface area contributed by atoms with Crippen LogP contribution >= 0.6 is 0 Å². The van der Waals surface area contributed by atoms with Crippen molar-refractivity contribution in [3.63, 3.8) is 0 Å². The van der Waals surface area contributed by atoms with Crippen molar-refractivity contribution >= 4 is 27.5 Å². The van der Waals surface area contributed by atoms with Gasteiger partial charge in [-0.3, -0.25) is 9.59 Å². The second kappa shape index (κ2) is 9.28. The molecule has 0 unspecified atom stereocenters. The highest BCUT2D eigenvalue weighted by Gasteiger charge is 2.38. The maximum atomic E-state index is 12.9. The van der Waals surface area contributed by atoms with Crippen molar-refractivity contribution in [2.45, 2.75) is 69.2 Å². The summed E-state index contributed by atoms with van der Waals surface area (Å²) < 4.78 is 27.3. The van der Waals surface area contributed by atoms with E-state index in [-0.39, 0.29) is 35.1 Å². The number of hydrogen-bond acceptors (Lipinski definition) is 4. The van der Waals surface area contributed by atoms with Crippen LogP contribution in [0.2, 0.25) is 0 Å². The van der Waals surface area contributed by atoms with Gasteiger partial charge in [-0.1, -0.05) is 26.2 Å². The Morgan fingerprint density at radius 1 is 1.00 bits per heavy atom. The molecule has 0 bridgehead atoms. The Hall–Kier alpha value is -1.93. The first-order valence-corrected chi connectivity index (χ1v) is 13.0. The number of carbonyl (C=O) groups excluding carboxylic acids is 2. The summed E-state index contributed by atoms with van der Waals surface area (Å²) in [5.74, 6) is 0.102. The molecule has 1 saturated carbocycles. The van der Waals surface area contributed by atoms with Crippen molar-refractivity contribution in [2.24, 2.45) is 11.8 Å². The normalized spacial score (nSPS) is 24.5. The number of piperidine rings is 1. The number of rotatable bonds is 5. The molecule has 1 N–H and O–H groups in total. The molecule has 1 aromatic rings. The SMILES string of the molecule is CC1CCN(S(=O)(=O)c2ccc(NC(=O)[C@@H]3CC(=O)N(C4CCCCC4)C3)cc2)CC1. The Kier molecular flexibility index (Phi) is 6.67. The Morgan fingerprint density at radius 3 is 2.29 bits per heavy atom. The second-order valence-corrected chi connectivity index (χ2v) is 11.3. The molecule has 0 spiro atoms. The number of nitrogens with one attached hydrogen (secondary N) is 1. The van der Waals surface area contributed by atoms with E-state index in [0.717, 1.165) is 38.5 Å². The highest BCUT2D eigenvalue weighted by molar-refractivity contribution is 7.89. The Morgan fingerprint density at radius 2 is 1.65 bits per heavy atom.